The SMILES string of the molecule is CCOC(CC)(CC)[Si](OCc1c(C)cc(C)c(C(=O)P(=O)(C(=O)c2c(C)cc(C)cc2C)c2ccccc2)c1C)(OC(CC)(CC)CC)c1ccccc1. The van der Waals surface area contributed by atoms with E-state index in [1.165, 1.54) is 0 Å². The third kappa shape index (κ3) is 8.20. The van der Waals surface area contributed by atoms with Crippen molar-refractivity contribution in [1.82, 2.24) is 0 Å². The van der Waals surface area contributed by atoms with Gasteiger partial charge in [0.2, 0.25) is 18.2 Å². The Morgan fingerprint density at radius 3 is 1.62 bits per heavy atom. The number of ether oxygens (including phenoxy) is 1. The van der Waals surface area contributed by atoms with E-state index in [1.54, 1.807) is 30.3 Å². The van der Waals surface area contributed by atoms with E-state index in [0.717, 1.165) is 41.1 Å². The number of hydrogen-bond acceptors (Lipinski definition) is 6. The molecule has 0 saturated heterocycles. The standard InChI is InChI=1S/C47H63O6PSi/c1-13-46(14-2,15-3)53-55(40-27-23-20-24-28-40,47(16-4,17-5)51-18-6)52-32-41-34(8)31-37(11)43(38(41)12)45(49)54(50,39-25-21-19-22-26-39)44(48)42-35(9)29-33(7)30-36(42)10/h19-31H,13-18,32H2,1-12H3. The second kappa shape index (κ2) is 18.2. The van der Waals surface area contributed by atoms with Gasteiger partial charge in [0.1, 0.15) is 5.22 Å². The molecule has 0 bridgehead atoms. The molecule has 2 unspecified atom stereocenters. The molecule has 0 N–H and O–H groups in total. The van der Waals surface area contributed by atoms with Gasteiger partial charge < -0.3 is 18.2 Å². The van der Waals surface area contributed by atoms with Gasteiger partial charge >= 0.3 is 8.56 Å². The first-order valence-electron chi connectivity index (χ1n) is 20.1. The fraction of sp³-hybridized carbons (Fsp3) is 0.447. The van der Waals surface area contributed by atoms with Crippen LogP contribution in [0.2, 0.25) is 0 Å². The largest absolute Gasteiger partial charge is 0.406 e. The van der Waals surface area contributed by atoms with Crippen LogP contribution in [0.5, 0.6) is 0 Å². The molecule has 0 saturated carbocycles. The lowest BCUT2D eigenvalue weighted by Crippen LogP contribution is -2.73. The van der Waals surface area contributed by atoms with Crippen LogP contribution < -0.4 is 10.5 Å². The molecule has 6 nitrogen and oxygen atoms in total. The van der Waals surface area contributed by atoms with Gasteiger partial charge in [0, 0.05) is 23.0 Å². The molecule has 2 atom stereocenters. The van der Waals surface area contributed by atoms with E-state index in [-0.39, 0.29) is 11.9 Å². The molecule has 4 aromatic rings. The molecule has 0 aliphatic rings. The quantitative estimate of drug-likeness (QED) is 0.0696. The van der Waals surface area contributed by atoms with Crippen molar-refractivity contribution in [3.05, 3.63) is 129 Å². The highest BCUT2D eigenvalue weighted by Crippen LogP contribution is 2.53. The minimum absolute atomic E-state index is 0.140. The van der Waals surface area contributed by atoms with Gasteiger partial charge in [-0.15, -0.1) is 0 Å². The number of aryl methyl sites for hydroxylation is 5. The van der Waals surface area contributed by atoms with Crippen LogP contribution in [-0.4, -0.2) is 37.0 Å². The van der Waals surface area contributed by atoms with Crippen LogP contribution in [0.25, 0.3) is 0 Å². The summed E-state index contributed by atoms with van der Waals surface area (Å²) in [5, 5.41) is 0.500. The van der Waals surface area contributed by atoms with Gasteiger partial charge in [-0.1, -0.05) is 119 Å². The zero-order valence-electron chi connectivity index (χ0n) is 35.4. The van der Waals surface area contributed by atoms with Crippen molar-refractivity contribution in [2.24, 2.45) is 0 Å². The number of rotatable bonds is 19. The Kier molecular flexibility index (Phi) is 14.7. The lowest BCUT2D eigenvalue weighted by atomic mass is 9.94. The maximum absolute atomic E-state index is 15.6. The Hall–Kier alpha value is -3.45. The summed E-state index contributed by atoms with van der Waals surface area (Å²) in [4.78, 5) is 29.9. The number of benzene rings is 4. The third-order valence-electron chi connectivity index (χ3n) is 12.0. The van der Waals surface area contributed by atoms with E-state index in [0.29, 0.717) is 52.8 Å². The minimum atomic E-state index is -4.40. The molecule has 0 fully saturated rings. The average molecular weight is 783 g/mol. The highest BCUT2D eigenvalue weighted by Gasteiger charge is 2.61. The maximum Gasteiger partial charge on any atom is 0.406 e. The average Bonchev–Trinajstić information content (AvgIpc) is 3.18. The van der Waals surface area contributed by atoms with Crippen LogP contribution >= 0.6 is 7.14 Å². The van der Waals surface area contributed by atoms with Gasteiger partial charge in [-0.3, -0.25) is 9.59 Å². The van der Waals surface area contributed by atoms with Crippen molar-refractivity contribution in [3.8, 4) is 0 Å². The molecule has 8 heteroatoms. The minimum Gasteiger partial charge on any atom is -0.385 e. The summed E-state index contributed by atoms with van der Waals surface area (Å²) in [5.41, 5.74) is 4.37. The third-order valence-corrected chi connectivity index (χ3v) is 19.0. The van der Waals surface area contributed by atoms with E-state index in [9.17, 15) is 4.79 Å². The van der Waals surface area contributed by atoms with Crippen molar-refractivity contribution in [1.29, 1.82) is 0 Å². The Morgan fingerprint density at radius 1 is 0.636 bits per heavy atom. The van der Waals surface area contributed by atoms with Crippen molar-refractivity contribution in [2.75, 3.05) is 6.61 Å². The fourth-order valence-electron chi connectivity index (χ4n) is 8.63. The van der Waals surface area contributed by atoms with Crippen LogP contribution in [-0.2, 0) is 24.8 Å². The van der Waals surface area contributed by atoms with Crippen LogP contribution in [0.3, 0.4) is 0 Å². The van der Waals surface area contributed by atoms with Crippen molar-refractivity contribution >= 4 is 37.2 Å². The summed E-state index contributed by atoms with van der Waals surface area (Å²) in [7, 11) is -7.94. The Balaban J connectivity index is 1.98. The summed E-state index contributed by atoms with van der Waals surface area (Å²) in [5.74, 6) is 0. The van der Waals surface area contributed by atoms with Gasteiger partial charge in [-0.05, 0) is 119 Å². The van der Waals surface area contributed by atoms with Gasteiger partial charge in [0.15, 0.2) is 0 Å². The molecule has 0 aliphatic heterocycles. The van der Waals surface area contributed by atoms with Gasteiger partial charge in [0.05, 0.1) is 12.2 Å². The number of carbonyl (C=O) groups is 2. The molecule has 0 aromatic heterocycles. The molecule has 4 rings (SSSR count). The summed E-state index contributed by atoms with van der Waals surface area (Å²) in [6, 6.07) is 24.6. The molecule has 0 radical (unpaired) electrons. The topological polar surface area (TPSA) is 78.9 Å². The normalized spacial score (nSPS) is 14.3. The molecule has 0 aliphatic carbocycles. The van der Waals surface area contributed by atoms with Crippen LogP contribution in [0, 0.1) is 41.5 Å². The molecule has 0 spiro atoms. The smallest absolute Gasteiger partial charge is 0.385 e. The highest BCUT2D eigenvalue weighted by atomic mass is 31.2. The lowest BCUT2D eigenvalue weighted by molar-refractivity contribution is -0.0652. The summed E-state index contributed by atoms with van der Waals surface area (Å²) >= 11 is 0. The number of hydrogen-bond donors (Lipinski definition) is 0. The molecule has 4 aromatic carbocycles. The molecular weight excluding hydrogens is 720 g/mol. The Labute approximate surface area is 332 Å². The predicted octanol–water partition coefficient (Wildman–Crippen LogP) is 11.2. The van der Waals surface area contributed by atoms with Crippen molar-refractivity contribution in [3.63, 3.8) is 0 Å². The molecular formula is C47H63O6PSi. The second-order valence-electron chi connectivity index (χ2n) is 15.1. The first-order chi connectivity index (χ1) is 26.1. The Morgan fingerprint density at radius 2 is 1.13 bits per heavy atom. The predicted molar refractivity (Wildman–Crippen MR) is 230 cm³/mol. The number of carbonyl (C=O) groups excluding carboxylic acids is 2. The molecule has 0 heterocycles. The van der Waals surface area contributed by atoms with E-state index in [1.807, 2.05) is 84.9 Å². The van der Waals surface area contributed by atoms with Crippen LogP contribution in [0.4, 0.5) is 0 Å². The van der Waals surface area contributed by atoms with Gasteiger partial charge in [0.25, 0.3) is 0 Å². The van der Waals surface area contributed by atoms with E-state index < -0.39 is 37.6 Å². The van der Waals surface area contributed by atoms with E-state index >= 15 is 9.36 Å². The maximum atomic E-state index is 15.6. The monoisotopic (exact) mass is 782 g/mol. The second-order valence-corrected chi connectivity index (χ2v) is 20.8. The highest BCUT2D eigenvalue weighted by molar-refractivity contribution is 8.01. The Bertz CT molecular complexity index is 1990. The van der Waals surface area contributed by atoms with Crippen molar-refractivity contribution in [2.45, 2.75) is 133 Å². The molecule has 0 amide bonds. The van der Waals surface area contributed by atoms with E-state index in [2.05, 4.69) is 46.8 Å². The van der Waals surface area contributed by atoms with Crippen LogP contribution in [0.1, 0.15) is 133 Å². The first kappa shape index (κ1) is 44.3. The summed E-state index contributed by atoms with van der Waals surface area (Å²) < 4.78 is 37.5. The van der Waals surface area contributed by atoms with Crippen molar-refractivity contribution < 1.29 is 27.7 Å². The first-order valence-corrected chi connectivity index (χ1v) is 23.6. The summed E-state index contributed by atoms with van der Waals surface area (Å²) in [6.45, 7) is 24.9. The van der Waals surface area contributed by atoms with E-state index in [4.69, 9.17) is 13.6 Å². The molecule has 296 valence electrons. The molecule has 55 heavy (non-hydrogen) atoms. The summed E-state index contributed by atoms with van der Waals surface area (Å²) in [6.07, 6.45) is 3.79. The van der Waals surface area contributed by atoms with Gasteiger partial charge in [-0.2, -0.15) is 0 Å². The zero-order valence-corrected chi connectivity index (χ0v) is 37.2. The fourth-order valence-corrected chi connectivity index (χ4v) is 15.8. The lowest BCUT2D eigenvalue weighted by Gasteiger charge is -2.51. The zero-order chi connectivity index (χ0) is 40.8. The van der Waals surface area contributed by atoms with Gasteiger partial charge in [-0.25, -0.2) is 0 Å². The van der Waals surface area contributed by atoms with Crippen LogP contribution in [0.15, 0.2) is 78.9 Å².